The van der Waals surface area contributed by atoms with Gasteiger partial charge in [-0.25, -0.2) is 19.9 Å². The van der Waals surface area contributed by atoms with Crippen LogP contribution in [0, 0.1) is 0 Å². The number of nitrogens with one attached hydrogen (secondary N) is 1. The lowest BCUT2D eigenvalue weighted by Crippen LogP contribution is -2.68. The summed E-state index contributed by atoms with van der Waals surface area (Å²) in [5.74, 6) is 0.898. The van der Waals surface area contributed by atoms with E-state index in [1.807, 2.05) is 24.4 Å². The Morgan fingerprint density at radius 2 is 2.00 bits per heavy atom. The SMILES string of the molecule is [2H]C([2H])([2H])Oc1ccc(CN2C3CC2CN(c2ccc(-c4ncnc5[nH]c(C(=O)N(C)C)cc45)cn2)C3)cn1. The summed E-state index contributed by atoms with van der Waals surface area (Å²) in [4.78, 5) is 39.4. The van der Waals surface area contributed by atoms with Crippen LogP contribution in [0.1, 0.15) is 26.6 Å². The molecule has 36 heavy (non-hydrogen) atoms. The van der Waals surface area contributed by atoms with Gasteiger partial charge >= 0.3 is 0 Å². The lowest BCUT2D eigenvalue weighted by Gasteiger charge is -2.56. The quantitative estimate of drug-likeness (QED) is 0.443. The van der Waals surface area contributed by atoms with Gasteiger partial charge in [-0.1, -0.05) is 6.07 Å². The number of amides is 1. The first-order valence-electron chi connectivity index (χ1n) is 13.3. The van der Waals surface area contributed by atoms with Gasteiger partial charge in [0.1, 0.15) is 23.5 Å². The minimum absolute atomic E-state index is 0.102. The first-order chi connectivity index (χ1) is 18.6. The maximum atomic E-state index is 12.4. The molecule has 4 aromatic rings. The molecule has 0 spiro atoms. The zero-order valence-corrected chi connectivity index (χ0v) is 20.0. The van der Waals surface area contributed by atoms with Gasteiger partial charge < -0.3 is 19.5 Å². The summed E-state index contributed by atoms with van der Waals surface area (Å²) in [7, 11) is 0.917. The fourth-order valence-electron chi connectivity index (χ4n) is 5.15. The predicted octanol–water partition coefficient (Wildman–Crippen LogP) is 2.59. The van der Waals surface area contributed by atoms with E-state index in [9.17, 15) is 4.79 Å². The van der Waals surface area contributed by atoms with Gasteiger partial charge in [-0.2, -0.15) is 0 Å². The van der Waals surface area contributed by atoms with E-state index >= 15 is 0 Å². The number of rotatable bonds is 6. The van der Waals surface area contributed by atoms with E-state index < -0.39 is 7.04 Å². The standard InChI is InChI=1S/C26H28N8O2/c1-32(2)26(35)21-9-20-24(29-15-30-25(20)31-21)17-5-6-22(27-11-17)33-13-18-8-19(14-33)34(18)12-16-4-7-23(36-3)28-10-16/h4-7,9-11,15,18-19H,8,12-14H2,1-3H3,(H,29,30,31)/i3D3. The van der Waals surface area contributed by atoms with Crippen molar-refractivity contribution < 1.29 is 13.6 Å². The van der Waals surface area contributed by atoms with Crippen LogP contribution in [0.15, 0.2) is 49.1 Å². The fraction of sp³-hybridized carbons (Fsp3) is 0.346. The highest BCUT2D eigenvalue weighted by Gasteiger charge is 2.44. The lowest BCUT2D eigenvalue weighted by molar-refractivity contribution is -0.00876. The molecular formula is C26H28N8O2. The maximum Gasteiger partial charge on any atom is 0.269 e. The largest absolute Gasteiger partial charge is 0.481 e. The van der Waals surface area contributed by atoms with E-state index in [1.165, 1.54) is 11.2 Å². The summed E-state index contributed by atoms with van der Waals surface area (Å²) in [6.45, 7) is 2.51. The number of nitrogens with zero attached hydrogens (tertiary/aromatic N) is 7. The van der Waals surface area contributed by atoms with Crippen molar-refractivity contribution in [2.45, 2.75) is 25.0 Å². The summed E-state index contributed by atoms with van der Waals surface area (Å²) in [5.41, 5.74) is 3.69. The maximum absolute atomic E-state index is 12.4. The Labute approximate surface area is 213 Å². The molecule has 3 aliphatic rings. The number of carbonyl (C=O) groups excluding carboxylic acids is 1. The first-order valence-corrected chi connectivity index (χ1v) is 11.8. The Hall–Kier alpha value is -4.05. The molecule has 3 fully saturated rings. The van der Waals surface area contributed by atoms with Crippen LogP contribution in [-0.4, -0.2) is 86.9 Å². The van der Waals surface area contributed by atoms with Crippen molar-refractivity contribution >= 4 is 22.8 Å². The number of piperazine rings is 1. The zero-order valence-electron chi connectivity index (χ0n) is 23.0. The Bertz CT molecular complexity index is 1490. The van der Waals surface area contributed by atoms with Crippen LogP contribution in [-0.2, 0) is 6.54 Å². The first kappa shape index (κ1) is 19.2. The molecule has 7 heterocycles. The van der Waals surface area contributed by atoms with Crippen molar-refractivity contribution in [3.63, 3.8) is 0 Å². The number of anilines is 1. The van der Waals surface area contributed by atoms with E-state index in [2.05, 4.69) is 29.7 Å². The second-order valence-corrected chi connectivity index (χ2v) is 9.50. The second-order valence-electron chi connectivity index (χ2n) is 9.50. The average Bonchev–Trinajstić information content (AvgIpc) is 3.36. The number of piperidine rings is 1. The van der Waals surface area contributed by atoms with Crippen molar-refractivity contribution in [2.24, 2.45) is 0 Å². The molecule has 184 valence electrons. The number of hydrogen-bond acceptors (Lipinski definition) is 8. The Morgan fingerprint density at radius 3 is 2.69 bits per heavy atom. The number of carbonyl (C=O) groups is 1. The molecule has 3 aliphatic heterocycles. The molecule has 0 radical (unpaired) electrons. The van der Waals surface area contributed by atoms with Gasteiger partial charge in [0.05, 0.1) is 16.8 Å². The normalized spacial score (nSPS) is 20.8. The third-order valence-corrected chi connectivity index (χ3v) is 7.02. The minimum Gasteiger partial charge on any atom is -0.481 e. The van der Waals surface area contributed by atoms with Crippen molar-refractivity contribution in [3.05, 3.63) is 60.3 Å². The summed E-state index contributed by atoms with van der Waals surface area (Å²) in [6, 6.07) is 10.1. The molecular weight excluding hydrogens is 456 g/mol. The Kier molecular flexibility index (Phi) is 4.72. The van der Waals surface area contributed by atoms with Crippen molar-refractivity contribution in [1.29, 1.82) is 0 Å². The minimum atomic E-state index is -2.50. The Balaban J connectivity index is 1.12. The van der Waals surface area contributed by atoms with Crippen LogP contribution < -0.4 is 9.64 Å². The molecule has 0 aliphatic carbocycles. The molecule has 2 atom stereocenters. The number of methoxy groups -OCH3 is 1. The van der Waals surface area contributed by atoms with E-state index in [4.69, 9.17) is 13.8 Å². The predicted molar refractivity (Wildman–Crippen MR) is 136 cm³/mol. The topological polar surface area (TPSA) is 103 Å². The average molecular weight is 488 g/mol. The molecule has 0 aromatic carbocycles. The number of pyridine rings is 2. The molecule has 1 amide bonds. The molecule has 4 aromatic heterocycles. The number of H-pyrrole nitrogens is 1. The highest BCUT2D eigenvalue weighted by Crippen LogP contribution is 2.36. The third-order valence-electron chi connectivity index (χ3n) is 7.02. The van der Waals surface area contributed by atoms with Crippen molar-refractivity contribution in [3.8, 4) is 17.1 Å². The highest BCUT2D eigenvalue weighted by molar-refractivity contribution is 6.00. The molecule has 3 saturated heterocycles. The van der Waals surface area contributed by atoms with E-state index in [1.54, 1.807) is 32.4 Å². The molecule has 10 nitrogen and oxygen atoms in total. The molecule has 7 rings (SSSR count). The third kappa shape index (κ3) is 3.93. The molecule has 0 saturated carbocycles. The lowest BCUT2D eigenvalue weighted by atomic mass is 9.87. The van der Waals surface area contributed by atoms with Gasteiger partial charge in [0.25, 0.3) is 5.91 Å². The fourth-order valence-corrected chi connectivity index (χ4v) is 5.15. The van der Waals surface area contributed by atoms with Crippen molar-refractivity contribution in [2.75, 3.05) is 39.1 Å². The number of aromatic nitrogens is 5. The number of fused-ring (bicyclic) bond motifs is 3. The van der Waals surface area contributed by atoms with Crippen LogP contribution in [0.25, 0.3) is 22.3 Å². The number of ether oxygens (including phenoxy) is 1. The van der Waals surface area contributed by atoms with E-state index in [0.29, 0.717) is 23.4 Å². The number of aromatic amines is 1. The summed E-state index contributed by atoms with van der Waals surface area (Å²) in [5, 5.41) is 0.777. The molecule has 10 heteroatoms. The Morgan fingerprint density at radius 1 is 1.14 bits per heavy atom. The van der Waals surface area contributed by atoms with Gasteiger partial charge in [-0.05, 0) is 30.2 Å². The van der Waals surface area contributed by atoms with E-state index in [0.717, 1.165) is 54.1 Å². The van der Waals surface area contributed by atoms with Crippen molar-refractivity contribution in [1.82, 2.24) is 34.7 Å². The molecule has 2 bridgehead atoms. The summed E-state index contributed by atoms with van der Waals surface area (Å²) >= 11 is 0. The number of hydrogen-bond donors (Lipinski definition) is 1. The smallest absolute Gasteiger partial charge is 0.269 e. The zero-order chi connectivity index (χ0) is 27.3. The van der Waals surface area contributed by atoms with Crippen LogP contribution in [0.2, 0.25) is 0 Å². The van der Waals surface area contributed by atoms with Gasteiger partial charge in [0.2, 0.25) is 5.88 Å². The highest BCUT2D eigenvalue weighted by atomic mass is 16.5. The monoisotopic (exact) mass is 487 g/mol. The van der Waals surface area contributed by atoms with Crippen LogP contribution in [0.3, 0.4) is 0 Å². The van der Waals surface area contributed by atoms with Gasteiger partial charge in [-0.3, -0.25) is 9.69 Å². The van der Waals surface area contributed by atoms with Gasteiger partial charge in [-0.15, -0.1) is 0 Å². The summed E-state index contributed by atoms with van der Waals surface area (Å²) in [6.07, 6.45) is 6.14. The van der Waals surface area contributed by atoms with Gasteiger partial charge in [0.15, 0.2) is 0 Å². The van der Waals surface area contributed by atoms with Crippen LogP contribution in [0.4, 0.5) is 5.82 Å². The summed E-state index contributed by atoms with van der Waals surface area (Å²) < 4.78 is 26.5. The van der Waals surface area contributed by atoms with Gasteiger partial charge in [0, 0.05) is 75.2 Å². The van der Waals surface area contributed by atoms with Crippen LogP contribution in [0.5, 0.6) is 5.88 Å². The second kappa shape index (κ2) is 8.87. The molecule has 1 N–H and O–H groups in total. The molecule has 2 unspecified atom stereocenters. The van der Waals surface area contributed by atoms with Crippen LogP contribution >= 0.6 is 0 Å². The van der Waals surface area contributed by atoms with E-state index in [-0.39, 0.29) is 11.8 Å².